The van der Waals surface area contributed by atoms with E-state index in [-0.39, 0.29) is 5.95 Å². The highest BCUT2D eigenvalue weighted by molar-refractivity contribution is 9.10. The van der Waals surface area contributed by atoms with Crippen LogP contribution >= 0.6 is 15.9 Å². The van der Waals surface area contributed by atoms with Gasteiger partial charge < -0.3 is 10.6 Å². The molecule has 0 fully saturated rings. The quantitative estimate of drug-likeness (QED) is 0.434. The van der Waals surface area contributed by atoms with Gasteiger partial charge >= 0.3 is 0 Å². The molecule has 0 saturated heterocycles. The Morgan fingerprint density at radius 1 is 0.931 bits per heavy atom. The number of hydrogen-bond donors (Lipinski definition) is 1. The van der Waals surface area contributed by atoms with Gasteiger partial charge in [0.2, 0.25) is 5.95 Å². The molecule has 0 aliphatic heterocycles. The molecule has 0 amide bonds. The molecule has 5 nitrogen and oxygen atoms in total. The molecule has 146 valence electrons. The van der Waals surface area contributed by atoms with Crippen molar-refractivity contribution in [3.05, 3.63) is 65.3 Å². The van der Waals surface area contributed by atoms with E-state index in [1.54, 1.807) is 6.20 Å². The number of halogens is 1. The monoisotopic (exact) mass is 447 g/mol. The third kappa shape index (κ3) is 3.93. The number of nitrogens with two attached hydrogens (primary N) is 1. The standard InChI is InChI=1S/C23H22BrN5/c1-3-29(4-2)18-10-8-15(9-11-18)21-13-19(16-6-5-7-17(24)12-16)20-14-26-23(25)28-22(20)27-21/h5-14H,3-4H2,1-2H3,(H2,25,26,27,28). The van der Waals surface area contributed by atoms with Crippen LogP contribution in [0.5, 0.6) is 0 Å². The maximum Gasteiger partial charge on any atom is 0.222 e. The first-order chi connectivity index (χ1) is 14.1. The lowest BCUT2D eigenvalue weighted by molar-refractivity contribution is 0.866. The molecule has 4 rings (SSSR count). The van der Waals surface area contributed by atoms with Crippen LogP contribution in [0, 0.1) is 0 Å². The van der Waals surface area contributed by atoms with Gasteiger partial charge in [0.05, 0.1) is 5.69 Å². The van der Waals surface area contributed by atoms with Crippen molar-refractivity contribution in [1.82, 2.24) is 15.0 Å². The normalized spacial score (nSPS) is 11.0. The Kier molecular flexibility index (Phi) is 5.45. The number of pyridine rings is 1. The maximum absolute atomic E-state index is 5.83. The minimum Gasteiger partial charge on any atom is -0.372 e. The topological polar surface area (TPSA) is 67.9 Å². The van der Waals surface area contributed by atoms with Crippen LogP contribution in [0.25, 0.3) is 33.4 Å². The third-order valence-corrected chi connectivity index (χ3v) is 5.51. The molecule has 0 saturated carbocycles. The smallest absolute Gasteiger partial charge is 0.222 e. The Balaban J connectivity index is 1.87. The van der Waals surface area contributed by atoms with Crippen molar-refractivity contribution < 1.29 is 0 Å². The Bertz CT molecular complexity index is 1150. The molecule has 0 radical (unpaired) electrons. The van der Waals surface area contributed by atoms with Crippen LogP contribution in [0.1, 0.15) is 13.8 Å². The van der Waals surface area contributed by atoms with E-state index in [2.05, 4.69) is 87.1 Å². The van der Waals surface area contributed by atoms with Crippen LogP contribution in [0.3, 0.4) is 0 Å². The van der Waals surface area contributed by atoms with E-state index in [1.807, 2.05) is 12.1 Å². The molecule has 0 bridgehead atoms. The molecule has 2 heterocycles. The molecule has 0 spiro atoms. The van der Waals surface area contributed by atoms with Crippen molar-refractivity contribution in [2.24, 2.45) is 0 Å². The van der Waals surface area contributed by atoms with Crippen LogP contribution in [0.15, 0.2) is 65.3 Å². The number of fused-ring (bicyclic) bond motifs is 1. The van der Waals surface area contributed by atoms with Gasteiger partial charge in [0, 0.05) is 40.4 Å². The summed E-state index contributed by atoms with van der Waals surface area (Å²) in [5.74, 6) is 0.222. The number of nitrogen functional groups attached to an aromatic ring is 1. The lowest BCUT2D eigenvalue weighted by atomic mass is 10.0. The number of nitrogens with zero attached hydrogens (tertiary/aromatic N) is 4. The molecule has 0 unspecified atom stereocenters. The summed E-state index contributed by atoms with van der Waals surface area (Å²) in [5.41, 5.74) is 11.6. The SMILES string of the molecule is CCN(CC)c1ccc(-c2cc(-c3cccc(Br)c3)c3cnc(N)nc3n2)cc1. The van der Waals surface area contributed by atoms with Gasteiger partial charge in [0.15, 0.2) is 5.65 Å². The van der Waals surface area contributed by atoms with E-state index < -0.39 is 0 Å². The second kappa shape index (κ2) is 8.17. The van der Waals surface area contributed by atoms with Crippen LogP contribution in [0.2, 0.25) is 0 Å². The number of aromatic nitrogens is 3. The van der Waals surface area contributed by atoms with Crippen molar-refractivity contribution in [2.75, 3.05) is 23.7 Å². The summed E-state index contributed by atoms with van der Waals surface area (Å²) in [6.45, 7) is 6.29. The van der Waals surface area contributed by atoms with Gasteiger partial charge in [-0.15, -0.1) is 0 Å². The number of anilines is 2. The Hall–Kier alpha value is -2.99. The predicted octanol–water partition coefficient (Wildman–Crippen LogP) is 5.55. The molecule has 2 N–H and O–H groups in total. The maximum atomic E-state index is 5.83. The first-order valence-electron chi connectivity index (χ1n) is 9.63. The van der Waals surface area contributed by atoms with Crippen LogP contribution < -0.4 is 10.6 Å². The van der Waals surface area contributed by atoms with Crippen molar-refractivity contribution in [3.8, 4) is 22.4 Å². The van der Waals surface area contributed by atoms with Crippen LogP contribution in [-0.4, -0.2) is 28.0 Å². The largest absolute Gasteiger partial charge is 0.372 e. The minimum absolute atomic E-state index is 0.222. The highest BCUT2D eigenvalue weighted by atomic mass is 79.9. The average molecular weight is 448 g/mol. The summed E-state index contributed by atoms with van der Waals surface area (Å²) in [6.07, 6.45) is 1.74. The van der Waals surface area contributed by atoms with E-state index >= 15 is 0 Å². The number of hydrogen-bond acceptors (Lipinski definition) is 5. The van der Waals surface area contributed by atoms with E-state index in [4.69, 9.17) is 10.7 Å². The highest BCUT2D eigenvalue weighted by Crippen LogP contribution is 2.33. The predicted molar refractivity (Wildman–Crippen MR) is 124 cm³/mol. The summed E-state index contributed by atoms with van der Waals surface area (Å²) in [6, 6.07) is 18.8. The van der Waals surface area contributed by atoms with Crippen LogP contribution in [-0.2, 0) is 0 Å². The molecule has 2 aromatic carbocycles. The molecular formula is C23H22BrN5. The van der Waals surface area contributed by atoms with Gasteiger partial charge in [-0.2, -0.15) is 4.98 Å². The zero-order valence-corrected chi connectivity index (χ0v) is 18.0. The van der Waals surface area contributed by atoms with Gasteiger partial charge in [0.1, 0.15) is 0 Å². The highest BCUT2D eigenvalue weighted by Gasteiger charge is 2.12. The first-order valence-corrected chi connectivity index (χ1v) is 10.4. The van der Waals surface area contributed by atoms with Gasteiger partial charge in [-0.25, -0.2) is 9.97 Å². The van der Waals surface area contributed by atoms with Crippen molar-refractivity contribution >= 4 is 38.6 Å². The summed E-state index contributed by atoms with van der Waals surface area (Å²) < 4.78 is 1.02. The van der Waals surface area contributed by atoms with Crippen molar-refractivity contribution in [2.45, 2.75) is 13.8 Å². The third-order valence-electron chi connectivity index (χ3n) is 5.01. The van der Waals surface area contributed by atoms with Crippen molar-refractivity contribution in [3.63, 3.8) is 0 Å². The Morgan fingerprint density at radius 2 is 1.69 bits per heavy atom. The second-order valence-electron chi connectivity index (χ2n) is 6.75. The Morgan fingerprint density at radius 3 is 2.38 bits per heavy atom. The van der Waals surface area contributed by atoms with Crippen molar-refractivity contribution in [1.29, 1.82) is 0 Å². The molecule has 4 aromatic rings. The van der Waals surface area contributed by atoms with Gasteiger partial charge in [-0.1, -0.05) is 40.2 Å². The van der Waals surface area contributed by atoms with Gasteiger partial charge in [0.25, 0.3) is 0 Å². The van der Waals surface area contributed by atoms with E-state index in [9.17, 15) is 0 Å². The van der Waals surface area contributed by atoms with E-state index in [0.29, 0.717) is 5.65 Å². The molecule has 6 heteroatoms. The molecular weight excluding hydrogens is 426 g/mol. The zero-order chi connectivity index (χ0) is 20.4. The molecule has 0 aliphatic rings. The number of benzene rings is 2. The fraction of sp³-hybridized carbons (Fsp3) is 0.174. The first kappa shape index (κ1) is 19.3. The fourth-order valence-electron chi connectivity index (χ4n) is 3.50. The van der Waals surface area contributed by atoms with E-state index in [1.165, 1.54) is 5.69 Å². The zero-order valence-electron chi connectivity index (χ0n) is 16.4. The number of rotatable bonds is 5. The average Bonchev–Trinajstić information content (AvgIpc) is 2.74. The van der Waals surface area contributed by atoms with Gasteiger partial charge in [-0.05, 0) is 55.3 Å². The summed E-state index contributed by atoms with van der Waals surface area (Å²) in [7, 11) is 0. The summed E-state index contributed by atoms with van der Waals surface area (Å²) in [5, 5.41) is 0.876. The summed E-state index contributed by atoms with van der Waals surface area (Å²) >= 11 is 3.56. The lowest BCUT2D eigenvalue weighted by Crippen LogP contribution is -2.21. The van der Waals surface area contributed by atoms with Gasteiger partial charge in [-0.3, -0.25) is 0 Å². The Labute approximate surface area is 178 Å². The van der Waals surface area contributed by atoms with Crippen LogP contribution in [0.4, 0.5) is 11.6 Å². The molecule has 2 aromatic heterocycles. The lowest BCUT2D eigenvalue weighted by Gasteiger charge is -2.21. The minimum atomic E-state index is 0.222. The second-order valence-corrected chi connectivity index (χ2v) is 7.67. The fourth-order valence-corrected chi connectivity index (χ4v) is 3.90. The molecule has 0 aliphatic carbocycles. The molecule has 29 heavy (non-hydrogen) atoms. The molecule has 0 atom stereocenters. The van der Waals surface area contributed by atoms with E-state index in [0.717, 1.165) is 45.3 Å². The summed E-state index contributed by atoms with van der Waals surface area (Å²) in [4.78, 5) is 15.6.